The lowest BCUT2D eigenvalue weighted by Gasteiger charge is -2.21. The summed E-state index contributed by atoms with van der Waals surface area (Å²) in [5, 5.41) is 3.60. The highest BCUT2D eigenvalue weighted by Crippen LogP contribution is 2.28. The molecule has 0 radical (unpaired) electrons. The molecule has 110 valence electrons. The molecule has 0 saturated heterocycles. The Hall–Kier alpha value is -1.28. The predicted octanol–water partition coefficient (Wildman–Crippen LogP) is 5.81. The van der Waals surface area contributed by atoms with E-state index in [1.165, 1.54) is 36.8 Å². The van der Waals surface area contributed by atoms with Gasteiger partial charge in [0.2, 0.25) is 0 Å². The normalized spacial score (nSPS) is 15.4. The first kappa shape index (κ1) is 14.6. The van der Waals surface area contributed by atoms with Gasteiger partial charge in [-0.05, 0) is 73.9 Å². The summed E-state index contributed by atoms with van der Waals surface area (Å²) in [6, 6.07) is 13.8. The minimum absolute atomic E-state index is 0.326. The number of hydrogen-bond acceptors (Lipinski definition) is 1. The summed E-state index contributed by atoms with van der Waals surface area (Å²) in [4.78, 5) is 0. The van der Waals surface area contributed by atoms with Gasteiger partial charge in [0.25, 0.3) is 0 Å². The van der Waals surface area contributed by atoms with E-state index in [9.17, 15) is 0 Å². The third-order valence-electron chi connectivity index (χ3n) is 4.43. The number of benzene rings is 2. The van der Waals surface area contributed by atoms with Crippen LogP contribution in [0.2, 0.25) is 0 Å². The smallest absolute Gasteiger partial charge is 0.0485 e. The van der Waals surface area contributed by atoms with Crippen molar-refractivity contribution >= 4 is 21.6 Å². The van der Waals surface area contributed by atoms with E-state index in [1.807, 2.05) is 0 Å². The van der Waals surface area contributed by atoms with E-state index >= 15 is 0 Å². The Balaban J connectivity index is 1.78. The molecule has 1 nitrogen and oxygen atoms in total. The molecule has 0 amide bonds. The lowest BCUT2D eigenvalue weighted by molar-refractivity contribution is 0.683. The van der Waals surface area contributed by atoms with Crippen molar-refractivity contribution in [3.8, 4) is 0 Å². The molecular formula is C19H22BrN. The molecule has 2 aromatic carbocycles. The molecule has 0 aliphatic heterocycles. The van der Waals surface area contributed by atoms with Gasteiger partial charge in [0.1, 0.15) is 0 Å². The number of hydrogen-bond donors (Lipinski definition) is 1. The first-order chi connectivity index (χ1) is 10.1. The fourth-order valence-electron chi connectivity index (χ4n) is 3.04. The van der Waals surface area contributed by atoms with E-state index in [0.717, 1.165) is 10.2 Å². The van der Waals surface area contributed by atoms with Gasteiger partial charge in [-0.3, -0.25) is 0 Å². The minimum Gasteiger partial charge on any atom is -0.378 e. The monoisotopic (exact) mass is 343 g/mol. The Morgan fingerprint density at radius 1 is 1.00 bits per heavy atom. The van der Waals surface area contributed by atoms with Crippen LogP contribution in [0.25, 0.3) is 0 Å². The first-order valence-corrected chi connectivity index (χ1v) is 8.57. The molecule has 0 heterocycles. The fourth-order valence-corrected chi connectivity index (χ4v) is 3.42. The van der Waals surface area contributed by atoms with Gasteiger partial charge in [-0.15, -0.1) is 0 Å². The van der Waals surface area contributed by atoms with E-state index in [-0.39, 0.29) is 0 Å². The molecular weight excluding hydrogens is 322 g/mol. The summed E-state index contributed by atoms with van der Waals surface area (Å²) in [5.74, 6) is 0. The van der Waals surface area contributed by atoms with Gasteiger partial charge in [0.15, 0.2) is 0 Å². The number of fused-ring (bicyclic) bond motifs is 1. The number of halogens is 1. The van der Waals surface area contributed by atoms with Crippen LogP contribution in [0.1, 0.15) is 48.1 Å². The van der Waals surface area contributed by atoms with E-state index in [2.05, 4.69) is 71.5 Å². The van der Waals surface area contributed by atoms with Gasteiger partial charge in [0, 0.05) is 16.2 Å². The Bertz CT molecular complexity index is 648. The minimum atomic E-state index is 0.326. The summed E-state index contributed by atoms with van der Waals surface area (Å²) >= 11 is 3.60. The van der Waals surface area contributed by atoms with Crippen LogP contribution in [0.5, 0.6) is 0 Å². The van der Waals surface area contributed by atoms with Crippen LogP contribution in [0.4, 0.5) is 5.69 Å². The standard InChI is InChI=1S/C19H22BrN/c1-13-7-10-18(12-19(13)20)21-14(2)16-9-8-15-5-3-4-6-17(15)11-16/h7-12,14,21H,3-6H2,1-2H3. The highest BCUT2D eigenvalue weighted by Gasteiger charge is 2.12. The van der Waals surface area contributed by atoms with Crippen LogP contribution in [0.15, 0.2) is 40.9 Å². The molecule has 0 fully saturated rings. The maximum atomic E-state index is 3.60. The summed E-state index contributed by atoms with van der Waals surface area (Å²) in [6.45, 7) is 4.35. The molecule has 2 aromatic rings. The topological polar surface area (TPSA) is 12.0 Å². The number of nitrogens with one attached hydrogen (secondary N) is 1. The molecule has 1 aliphatic carbocycles. The largest absolute Gasteiger partial charge is 0.378 e. The molecule has 21 heavy (non-hydrogen) atoms. The number of anilines is 1. The molecule has 1 N–H and O–H groups in total. The van der Waals surface area contributed by atoms with Gasteiger partial charge < -0.3 is 5.32 Å². The zero-order chi connectivity index (χ0) is 14.8. The van der Waals surface area contributed by atoms with E-state index in [4.69, 9.17) is 0 Å². The molecule has 0 bridgehead atoms. The van der Waals surface area contributed by atoms with Gasteiger partial charge in [-0.1, -0.05) is 40.2 Å². The Labute approximate surface area is 135 Å². The summed E-state index contributed by atoms with van der Waals surface area (Å²) in [7, 11) is 0. The van der Waals surface area contributed by atoms with E-state index in [1.54, 1.807) is 11.1 Å². The molecule has 1 unspecified atom stereocenters. The highest BCUT2D eigenvalue weighted by molar-refractivity contribution is 9.10. The van der Waals surface area contributed by atoms with Crippen LogP contribution >= 0.6 is 15.9 Å². The fraction of sp³-hybridized carbons (Fsp3) is 0.368. The van der Waals surface area contributed by atoms with Crippen molar-refractivity contribution in [2.45, 2.75) is 45.6 Å². The second-order valence-electron chi connectivity index (χ2n) is 6.07. The van der Waals surface area contributed by atoms with Crippen molar-refractivity contribution in [3.63, 3.8) is 0 Å². The van der Waals surface area contributed by atoms with Crippen LogP contribution in [0.3, 0.4) is 0 Å². The third-order valence-corrected chi connectivity index (χ3v) is 5.28. The average molecular weight is 344 g/mol. The van der Waals surface area contributed by atoms with E-state index < -0.39 is 0 Å². The van der Waals surface area contributed by atoms with Crippen LogP contribution in [-0.2, 0) is 12.8 Å². The second kappa shape index (κ2) is 6.23. The van der Waals surface area contributed by atoms with Gasteiger partial charge in [0.05, 0.1) is 0 Å². The Morgan fingerprint density at radius 2 is 1.76 bits per heavy atom. The van der Waals surface area contributed by atoms with Crippen molar-refractivity contribution in [2.24, 2.45) is 0 Å². The maximum Gasteiger partial charge on any atom is 0.0485 e. The molecule has 1 atom stereocenters. The quantitative estimate of drug-likeness (QED) is 0.741. The Morgan fingerprint density at radius 3 is 2.52 bits per heavy atom. The maximum absolute atomic E-state index is 3.60. The zero-order valence-electron chi connectivity index (χ0n) is 12.7. The molecule has 0 saturated carbocycles. The van der Waals surface area contributed by atoms with Crippen molar-refractivity contribution in [2.75, 3.05) is 5.32 Å². The van der Waals surface area contributed by atoms with Crippen molar-refractivity contribution in [1.29, 1.82) is 0 Å². The number of rotatable bonds is 3. The van der Waals surface area contributed by atoms with Crippen molar-refractivity contribution < 1.29 is 0 Å². The van der Waals surface area contributed by atoms with Crippen LogP contribution in [-0.4, -0.2) is 0 Å². The molecule has 0 spiro atoms. The highest BCUT2D eigenvalue weighted by atomic mass is 79.9. The summed E-state index contributed by atoms with van der Waals surface area (Å²) in [5.41, 5.74) is 6.92. The average Bonchev–Trinajstić information content (AvgIpc) is 2.50. The molecule has 1 aliphatic rings. The molecule has 3 rings (SSSR count). The first-order valence-electron chi connectivity index (χ1n) is 7.78. The van der Waals surface area contributed by atoms with Crippen LogP contribution in [0, 0.1) is 6.92 Å². The van der Waals surface area contributed by atoms with E-state index in [0.29, 0.717) is 6.04 Å². The van der Waals surface area contributed by atoms with Crippen molar-refractivity contribution in [1.82, 2.24) is 0 Å². The van der Waals surface area contributed by atoms with Gasteiger partial charge >= 0.3 is 0 Å². The SMILES string of the molecule is Cc1ccc(NC(C)c2ccc3c(c2)CCCC3)cc1Br. The molecule has 0 aromatic heterocycles. The Kier molecular flexibility index (Phi) is 4.34. The lowest BCUT2D eigenvalue weighted by Crippen LogP contribution is -2.09. The number of aryl methyl sites for hydroxylation is 3. The zero-order valence-corrected chi connectivity index (χ0v) is 14.3. The third kappa shape index (κ3) is 3.32. The summed E-state index contributed by atoms with van der Waals surface area (Å²) in [6.07, 6.45) is 5.18. The van der Waals surface area contributed by atoms with Gasteiger partial charge in [-0.2, -0.15) is 0 Å². The van der Waals surface area contributed by atoms with Crippen molar-refractivity contribution in [3.05, 3.63) is 63.1 Å². The molecule has 2 heteroatoms. The predicted molar refractivity (Wildman–Crippen MR) is 94.0 cm³/mol. The lowest BCUT2D eigenvalue weighted by atomic mass is 9.89. The second-order valence-corrected chi connectivity index (χ2v) is 6.92. The summed E-state index contributed by atoms with van der Waals surface area (Å²) < 4.78 is 1.16. The van der Waals surface area contributed by atoms with Crippen LogP contribution < -0.4 is 5.32 Å². The van der Waals surface area contributed by atoms with Gasteiger partial charge in [-0.25, -0.2) is 0 Å².